The molecule has 1 aromatic rings. The summed E-state index contributed by atoms with van der Waals surface area (Å²) in [5, 5.41) is 6.39. The summed E-state index contributed by atoms with van der Waals surface area (Å²) in [5.41, 5.74) is 1.07. The topological polar surface area (TPSA) is 62.7 Å². The van der Waals surface area contributed by atoms with Crippen LogP contribution in [0.4, 0.5) is 4.39 Å². The molecule has 1 saturated carbocycles. The van der Waals surface area contributed by atoms with E-state index < -0.39 is 0 Å². The number of esters is 1. The normalized spacial score (nSPS) is 14.6. The van der Waals surface area contributed by atoms with E-state index in [9.17, 15) is 9.18 Å². The number of nitrogens with zero attached hydrogens (tertiary/aromatic N) is 1. The molecule has 0 bridgehead atoms. The summed E-state index contributed by atoms with van der Waals surface area (Å²) in [6.45, 7) is 1.37. The summed E-state index contributed by atoms with van der Waals surface area (Å²) in [5.74, 6) is 0.375. The maximum Gasteiger partial charge on any atom is 0.306 e. The Labute approximate surface area is 172 Å². The van der Waals surface area contributed by atoms with E-state index in [0.29, 0.717) is 31.9 Å². The lowest BCUT2D eigenvalue weighted by Gasteiger charge is -2.13. The molecule has 26 heavy (non-hydrogen) atoms. The lowest BCUT2D eigenvalue weighted by molar-refractivity contribution is -0.148. The molecule has 5 nitrogen and oxygen atoms in total. The van der Waals surface area contributed by atoms with Gasteiger partial charge in [0.05, 0.1) is 0 Å². The average Bonchev–Trinajstić information content (AvgIpc) is 3.11. The first-order chi connectivity index (χ1) is 12.2. The van der Waals surface area contributed by atoms with Gasteiger partial charge in [0.15, 0.2) is 5.96 Å². The van der Waals surface area contributed by atoms with Crippen LogP contribution in [-0.4, -0.2) is 38.2 Å². The van der Waals surface area contributed by atoms with Crippen molar-refractivity contribution < 1.29 is 13.9 Å². The zero-order valence-electron chi connectivity index (χ0n) is 15.3. The number of guanidine groups is 1. The maximum absolute atomic E-state index is 12.9. The zero-order valence-corrected chi connectivity index (χ0v) is 17.6. The standard InChI is InChI=1S/C19H28FN3O2.HI/c1-21-19(23-14-12-15-8-10-16(20)11-9-15)22-13-4-7-18(24)25-17-5-2-3-6-17;/h8-11,17H,2-7,12-14H2,1H3,(H2,21,22,23);1H. The predicted molar refractivity (Wildman–Crippen MR) is 112 cm³/mol. The predicted octanol–water partition coefficient (Wildman–Crippen LogP) is 3.42. The molecule has 1 aliphatic carbocycles. The molecule has 0 atom stereocenters. The second-order valence-electron chi connectivity index (χ2n) is 6.30. The van der Waals surface area contributed by atoms with E-state index in [1.54, 1.807) is 19.2 Å². The van der Waals surface area contributed by atoms with E-state index in [4.69, 9.17) is 4.74 Å². The van der Waals surface area contributed by atoms with E-state index in [-0.39, 0.29) is 41.9 Å². The number of hydrogen-bond donors (Lipinski definition) is 2. The number of carbonyl (C=O) groups excluding carboxylic acids is 1. The summed E-state index contributed by atoms with van der Waals surface area (Å²) < 4.78 is 18.3. The molecule has 0 aliphatic heterocycles. The highest BCUT2D eigenvalue weighted by molar-refractivity contribution is 14.0. The van der Waals surface area contributed by atoms with Gasteiger partial charge in [-0.3, -0.25) is 9.79 Å². The van der Waals surface area contributed by atoms with Crippen molar-refractivity contribution in [3.63, 3.8) is 0 Å². The van der Waals surface area contributed by atoms with Crippen molar-refractivity contribution in [2.45, 2.75) is 51.0 Å². The Kier molecular flexibility index (Phi) is 11.2. The molecular weight excluding hydrogens is 448 g/mol. The van der Waals surface area contributed by atoms with E-state index >= 15 is 0 Å². The minimum absolute atomic E-state index is 0. The van der Waals surface area contributed by atoms with Crippen LogP contribution in [-0.2, 0) is 16.0 Å². The molecule has 0 unspecified atom stereocenters. The molecule has 7 heteroatoms. The van der Waals surface area contributed by atoms with Crippen molar-refractivity contribution in [1.29, 1.82) is 0 Å². The fourth-order valence-electron chi connectivity index (χ4n) is 2.89. The summed E-state index contributed by atoms with van der Waals surface area (Å²) in [6, 6.07) is 6.49. The highest BCUT2D eigenvalue weighted by Gasteiger charge is 2.18. The monoisotopic (exact) mass is 477 g/mol. The summed E-state index contributed by atoms with van der Waals surface area (Å²) in [4.78, 5) is 15.9. The number of halogens is 2. The number of nitrogens with one attached hydrogen (secondary N) is 2. The largest absolute Gasteiger partial charge is 0.462 e. The molecular formula is C19H29FIN3O2. The molecule has 1 aromatic carbocycles. The Bertz CT molecular complexity index is 560. The molecule has 2 N–H and O–H groups in total. The molecule has 146 valence electrons. The van der Waals surface area contributed by atoms with Gasteiger partial charge in [0, 0.05) is 26.6 Å². The van der Waals surface area contributed by atoms with Crippen LogP contribution in [0.3, 0.4) is 0 Å². The van der Waals surface area contributed by atoms with Crippen LogP contribution in [0.5, 0.6) is 0 Å². The van der Waals surface area contributed by atoms with E-state index in [1.807, 2.05) is 0 Å². The Morgan fingerprint density at radius 3 is 2.50 bits per heavy atom. The number of aliphatic imine (C=N–C) groups is 1. The van der Waals surface area contributed by atoms with E-state index in [2.05, 4.69) is 15.6 Å². The lowest BCUT2D eigenvalue weighted by Crippen LogP contribution is -2.38. The Balaban J connectivity index is 0.00000338. The number of benzene rings is 1. The van der Waals surface area contributed by atoms with Crippen molar-refractivity contribution in [1.82, 2.24) is 10.6 Å². The molecule has 0 saturated heterocycles. The van der Waals surface area contributed by atoms with Gasteiger partial charge in [-0.25, -0.2) is 4.39 Å². The fraction of sp³-hybridized carbons (Fsp3) is 0.579. The molecule has 2 rings (SSSR count). The van der Waals surface area contributed by atoms with E-state index in [0.717, 1.165) is 24.8 Å². The number of carbonyl (C=O) groups is 1. The highest BCUT2D eigenvalue weighted by atomic mass is 127. The quantitative estimate of drug-likeness (QED) is 0.198. The fourth-order valence-corrected chi connectivity index (χ4v) is 2.89. The Morgan fingerprint density at radius 1 is 1.19 bits per heavy atom. The van der Waals surface area contributed by atoms with Crippen LogP contribution in [0, 0.1) is 5.82 Å². The van der Waals surface area contributed by atoms with Crippen LogP contribution < -0.4 is 10.6 Å². The van der Waals surface area contributed by atoms with Gasteiger partial charge in [-0.15, -0.1) is 24.0 Å². The first-order valence-electron chi connectivity index (χ1n) is 9.06. The van der Waals surface area contributed by atoms with E-state index in [1.165, 1.54) is 25.0 Å². The van der Waals surface area contributed by atoms with Crippen LogP contribution in [0.15, 0.2) is 29.3 Å². The van der Waals surface area contributed by atoms with Crippen LogP contribution in [0.1, 0.15) is 44.1 Å². The maximum atomic E-state index is 12.9. The van der Waals surface area contributed by atoms with Gasteiger partial charge in [-0.1, -0.05) is 12.1 Å². The van der Waals surface area contributed by atoms with Crippen LogP contribution in [0.25, 0.3) is 0 Å². The number of rotatable bonds is 8. The zero-order chi connectivity index (χ0) is 17.9. The first kappa shape index (κ1) is 22.7. The smallest absolute Gasteiger partial charge is 0.306 e. The molecule has 0 amide bonds. The summed E-state index contributed by atoms with van der Waals surface area (Å²) in [6.07, 6.45) is 6.41. The van der Waals surface area contributed by atoms with Crippen molar-refractivity contribution in [2.24, 2.45) is 4.99 Å². The SMILES string of the molecule is CN=C(NCCCC(=O)OC1CCCC1)NCCc1ccc(F)cc1.I. The number of hydrogen-bond acceptors (Lipinski definition) is 3. The average molecular weight is 477 g/mol. The van der Waals surface area contributed by atoms with Gasteiger partial charge in [0.25, 0.3) is 0 Å². The highest BCUT2D eigenvalue weighted by Crippen LogP contribution is 2.21. The van der Waals surface area contributed by atoms with Crippen molar-refractivity contribution in [2.75, 3.05) is 20.1 Å². The van der Waals surface area contributed by atoms with Crippen LogP contribution in [0.2, 0.25) is 0 Å². The minimum Gasteiger partial charge on any atom is -0.462 e. The Hall–Kier alpha value is -1.38. The lowest BCUT2D eigenvalue weighted by atomic mass is 10.1. The van der Waals surface area contributed by atoms with Crippen LogP contribution >= 0.6 is 24.0 Å². The molecule has 0 aromatic heterocycles. The second kappa shape index (κ2) is 12.9. The molecule has 1 aliphatic rings. The van der Waals surface area contributed by atoms with Gasteiger partial charge in [-0.2, -0.15) is 0 Å². The second-order valence-corrected chi connectivity index (χ2v) is 6.30. The molecule has 1 fully saturated rings. The third-order valence-corrected chi connectivity index (χ3v) is 4.29. The number of ether oxygens (including phenoxy) is 1. The van der Waals surface area contributed by atoms with Gasteiger partial charge in [0.1, 0.15) is 11.9 Å². The van der Waals surface area contributed by atoms with Gasteiger partial charge < -0.3 is 15.4 Å². The first-order valence-corrected chi connectivity index (χ1v) is 9.06. The summed E-state index contributed by atoms with van der Waals surface area (Å²) >= 11 is 0. The van der Waals surface area contributed by atoms with Gasteiger partial charge >= 0.3 is 5.97 Å². The van der Waals surface area contributed by atoms with Crippen molar-refractivity contribution in [3.05, 3.63) is 35.6 Å². The summed E-state index contributed by atoms with van der Waals surface area (Å²) in [7, 11) is 1.71. The molecule has 0 spiro atoms. The van der Waals surface area contributed by atoms with Crippen molar-refractivity contribution in [3.8, 4) is 0 Å². The van der Waals surface area contributed by atoms with Gasteiger partial charge in [-0.05, 0) is 56.2 Å². The molecule has 0 heterocycles. The van der Waals surface area contributed by atoms with Crippen molar-refractivity contribution >= 4 is 35.9 Å². The molecule has 0 radical (unpaired) electrons. The third kappa shape index (κ3) is 8.82. The Morgan fingerprint density at radius 2 is 1.85 bits per heavy atom. The third-order valence-electron chi connectivity index (χ3n) is 4.29. The van der Waals surface area contributed by atoms with Gasteiger partial charge in [0.2, 0.25) is 0 Å². The minimum atomic E-state index is -0.222.